The van der Waals surface area contributed by atoms with Crippen molar-refractivity contribution in [2.45, 2.75) is 6.54 Å². The van der Waals surface area contributed by atoms with Crippen molar-refractivity contribution in [3.63, 3.8) is 0 Å². The van der Waals surface area contributed by atoms with Gasteiger partial charge in [-0.25, -0.2) is 18.1 Å². The first kappa shape index (κ1) is 15.9. The number of nitrogens with one attached hydrogen (secondary N) is 1. The van der Waals surface area contributed by atoms with Crippen LogP contribution in [-0.2, 0) is 16.6 Å². The van der Waals surface area contributed by atoms with Crippen LogP contribution in [0.25, 0.3) is 21.8 Å². The van der Waals surface area contributed by atoms with Crippen LogP contribution in [0.15, 0.2) is 60.0 Å². The molecule has 3 aromatic rings. The summed E-state index contributed by atoms with van der Waals surface area (Å²) in [6, 6.07) is 17.8. The Labute approximate surface area is 139 Å². The Morgan fingerprint density at radius 1 is 1.00 bits per heavy atom. The highest BCUT2D eigenvalue weighted by Gasteiger charge is 2.07. The lowest BCUT2D eigenvalue weighted by Gasteiger charge is -2.03. The van der Waals surface area contributed by atoms with Gasteiger partial charge in [-0.15, -0.1) is 11.3 Å². The number of hydrogen-bond donors (Lipinski definition) is 1. The summed E-state index contributed by atoms with van der Waals surface area (Å²) in [7, 11) is -3.17. The number of benzene rings is 2. The predicted octanol–water partition coefficient (Wildman–Crippen LogP) is 3.53. The van der Waals surface area contributed by atoms with Gasteiger partial charge in [0.15, 0.2) is 0 Å². The van der Waals surface area contributed by atoms with Crippen LogP contribution in [-0.4, -0.2) is 19.7 Å². The van der Waals surface area contributed by atoms with Crippen molar-refractivity contribution in [3.05, 3.63) is 65.5 Å². The van der Waals surface area contributed by atoms with E-state index >= 15 is 0 Å². The second-order valence-electron chi connectivity index (χ2n) is 5.19. The van der Waals surface area contributed by atoms with Crippen molar-refractivity contribution >= 4 is 21.4 Å². The van der Waals surface area contributed by atoms with Crippen LogP contribution in [0.5, 0.6) is 0 Å². The topological polar surface area (TPSA) is 59.1 Å². The fraction of sp³-hybridized carbons (Fsp3) is 0.118. The zero-order chi connectivity index (χ0) is 16.3. The average Bonchev–Trinajstić information content (AvgIpc) is 3.04. The largest absolute Gasteiger partial charge is 0.236 e. The first-order chi connectivity index (χ1) is 11.0. The lowest BCUT2D eigenvalue weighted by Crippen LogP contribution is -2.21. The minimum atomic E-state index is -3.17. The van der Waals surface area contributed by atoms with Gasteiger partial charge in [0.1, 0.15) is 5.01 Å². The van der Waals surface area contributed by atoms with Crippen molar-refractivity contribution in [1.29, 1.82) is 0 Å². The normalized spacial score (nSPS) is 11.5. The molecule has 1 heterocycles. The highest BCUT2D eigenvalue weighted by atomic mass is 32.2. The molecule has 4 nitrogen and oxygen atoms in total. The van der Waals surface area contributed by atoms with Gasteiger partial charge in [0.25, 0.3) is 0 Å². The molecule has 0 aliphatic heterocycles. The van der Waals surface area contributed by atoms with Crippen molar-refractivity contribution in [3.8, 4) is 21.8 Å². The second-order valence-corrected chi connectivity index (χ2v) is 7.89. The summed E-state index contributed by atoms with van der Waals surface area (Å²) in [6.45, 7) is 0.298. The van der Waals surface area contributed by atoms with Crippen LogP contribution in [0.3, 0.4) is 0 Å². The zero-order valence-electron chi connectivity index (χ0n) is 12.6. The van der Waals surface area contributed by atoms with Crippen LogP contribution < -0.4 is 4.72 Å². The van der Waals surface area contributed by atoms with Gasteiger partial charge in [0, 0.05) is 23.1 Å². The van der Waals surface area contributed by atoms with Gasteiger partial charge in [0.05, 0.1) is 11.9 Å². The number of hydrogen-bond acceptors (Lipinski definition) is 4. The van der Waals surface area contributed by atoms with E-state index in [-0.39, 0.29) is 0 Å². The van der Waals surface area contributed by atoms with Gasteiger partial charge in [-0.3, -0.25) is 0 Å². The lowest BCUT2D eigenvalue weighted by atomic mass is 10.1. The SMILES string of the molecule is CS(=O)(=O)NCc1ccc(-c2nc(-c3ccccc3)cs2)cc1. The molecule has 23 heavy (non-hydrogen) atoms. The summed E-state index contributed by atoms with van der Waals surface area (Å²) in [5.41, 5.74) is 4.01. The van der Waals surface area contributed by atoms with Gasteiger partial charge >= 0.3 is 0 Å². The predicted molar refractivity (Wildman–Crippen MR) is 94.7 cm³/mol. The van der Waals surface area contributed by atoms with E-state index in [0.717, 1.165) is 33.6 Å². The first-order valence-electron chi connectivity index (χ1n) is 7.06. The number of thiazole rings is 1. The first-order valence-corrected chi connectivity index (χ1v) is 9.83. The van der Waals surface area contributed by atoms with E-state index in [1.54, 1.807) is 11.3 Å². The molecule has 1 N–H and O–H groups in total. The maximum Gasteiger partial charge on any atom is 0.209 e. The Balaban J connectivity index is 1.76. The quantitative estimate of drug-likeness (QED) is 0.770. The number of sulfonamides is 1. The lowest BCUT2D eigenvalue weighted by molar-refractivity contribution is 0.587. The van der Waals surface area contributed by atoms with Crippen LogP contribution in [0.2, 0.25) is 0 Å². The van der Waals surface area contributed by atoms with Gasteiger partial charge < -0.3 is 0 Å². The molecule has 3 rings (SSSR count). The minimum Gasteiger partial charge on any atom is -0.236 e. The van der Waals surface area contributed by atoms with E-state index in [4.69, 9.17) is 0 Å². The molecule has 0 aliphatic carbocycles. The summed E-state index contributed by atoms with van der Waals surface area (Å²) in [6.07, 6.45) is 1.15. The van der Waals surface area contributed by atoms with E-state index in [2.05, 4.69) is 9.71 Å². The number of rotatable bonds is 5. The Hall–Kier alpha value is -2.02. The number of aromatic nitrogens is 1. The maximum absolute atomic E-state index is 11.1. The fourth-order valence-electron chi connectivity index (χ4n) is 2.13. The van der Waals surface area contributed by atoms with E-state index in [9.17, 15) is 8.42 Å². The Morgan fingerprint density at radius 2 is 1.70 bits per heavy atom. The molecule has 0 bridgehead atoms. The van der Waals surface area contributed by atoms with E-state index in [1.807, 2.05) is 60.0 Å². The summed E-state index contributed by atoms with van der Waals surface area (Å²) < 4.78 is 24.7. The maximum atomic E-state index is 11.1. The molecule has 2 aromatic carbocycles. The third-order valence-corrected chi connectivity index (χ3v) is 4.87. The third kappa shape index (κ3) is 4.25. The van der Waals surface area contributed by atoms with Crippen LogP contribution in [0, 0.1) is 0 Å². The highest BCUT2D eigenvalue weighted by molar-refractivity contribution is 7.88. The molecule has 0 radical (unpaired) electrons. The smallest absolute Gasteiger partial charge is 0.209 e. The van der Waals surface area contributed by atoms with Crippen molar-refractivity contribution in [1.82, 2.24) is 9.71 Å². The fourth-order valence-corrected chi connectivity index (χ4v) is 3.39. The van der Waals surface area contributed by atoms with Gasteiger partial charge in [-0.05, 0) is 5.56 Å². The molecule has 0 fully saturated rings. The molecule has 118 valence electrons. The third-order valence-electron chi connectivity index (χ3n) is 3.31. The van der Waals surface area contributed by atoms with E-state index in [1.165, 1.54) is 0 Å². The summed E-state index contributed by atoms with van der Waals surface area (Å²) in [5, 5.41) is 3.00. The van der Waals surface area contributed by atoms with Gasteiger partial charge in [-0.1, -0.05) is 54.6 Å². The molecule has 0 unspecified atom stereocenters. The monoisotopic (exact) mass is 344 g/mol. The average molecular weight is 344 g/mol. The summed E-state index contributed by atoms with van der Waals surface area (Å²) >= 11 is 1.60. The molecule has 6 heteroatoms. The minimum absolute atomic E-state index is 0.298. The standard InChI is InChI=1S/C17H16N2O2S2/c1-23(20,21)18-11-13-7-9-15(10-8-13)17-19-16(12-22-17)14-5-3-2-4-6-14/h2-10,12,18H,11H2,1H3. The highest BCUT2D eigenvalue weighted by Crippen LogP contribution is 2.28. The molecular formula is C17H16N2O2S2. The zero-order valence-corrected chi connectivity index (χ0v) is 14.2. The molecule has 0 aliphatic rings. The van der Waals surface area contributed by atoms with Crippen molar-refractivity contribution in [2.24, 2.45) is 0 Å². The molecule has 1 aromatic heterocycles. The molecule has 0 atom stereocenters. The second kappa shape index (κ2) is 6.62. The Morgan fingerprint density at radius 3 is 2.35 bits per heavy atom. The van der Waals surface area contributed by atoms with E-state index < -0.39 is 10.0 Å². The molecule has 0 amide bonds. The van der Waals surface area contributed by atoms with Crippen LogP contribution >= 0.6 is 11.3 Å². The van der Waals surface area contributed by atoms with Crippen molar-refractivity contribution in [2.75, 3.05) is 6.26 Å². The summed E-state index contributed by atoms with van der Waals surface area (Å²) in [4.78, 5) is 4.67. The van der Waals surface area contributed by atoms with E-state index in [0.29, 0.717) is 6.54 Å². The van der Waals surface area contributed by atoms with Crippen LogP contribution in [0.1, 0.15) is 5.56 Å². The number of nitrogens with zero attached hydrogens (tertiary/aromatic N) is 1. The Kier molecular flexibility index (Phi) is 4.56. The van der Waals surface area contributed by atoms with Crippen LogP contribution in [0.4, 0.5) is 0 Å². The van der Waals surface area contributed by atoms with Crippen molar-refractivity contribution < 1.29 is 8.42 Å². The van der Waals surface area contributed by atoms with Gasteiger partial charge in [0.2, 0.25) is 10.0 Å². The molecular weight excluding hydrogens is 328 g/mol. The van der Waals surface area contributed by atoms with Gasteiger partial charge in [-0.2, -0.15) is 0 Å². The molecule has 0 saturated heterocycles. The molecule has 0 spiro atoms. The summed E-state index contributed by atoms with van der Waals surface area (Å²) in [5.74, 6) is 0. The Bertz CT molecular complexity index is 886. The molecule has 0 saturated carbocycles.